The summed E-state index contributed by atoms with van der Waals surface area (Å²) in [6.45, 7) is 3.04. The van der Waals surface area contributed by atoms with Crippen molar-refractivity contribution < 1.29 is 27.2 Å². The second-order valence-electron chi connectivity index (χ2n) is 10.2. The van der Waals surface area contributed by atoms with Gasteiger partial charge in [-0.3, -0.25) is 4.79 Å². The SMILES string of the molecule is COc1ccc(S(=O)(=O)N(OC=O)c2ccc(Nc3cc(-c4ccc5c(ccn5CC(C)N(C)C)c4)ncn3)cc2)cc1F. The van der Waals surface area contributed by atoms with E-state index < -0.39 is 20.7 Å². The Labute approximate surface area is 254 Å². The first-order valence-electron chi connectivity index (χ1n) is 13.5. The highest BCUT2D eigenvalue weighted by Crippen LogP contribution is 2.30. The van der Waals surface area contributed by atoms with E-state index in [1.807, 2.05) is 12.1 Å². The normalized spacial score (nSPS) is 12.2. The molecular formula is C31H31FN6O5S. The van der Waals surface area contributed by atoms with Gasteiger partial charge in [0, 0.05) is 47.0 Å². The lowest BCUT2D eigenvalue weighted by molar-refractivity contribution is -0.128. The van der Waals surface area contributed by atoms with Gasteiger partial charge < -0.3 is 24.4 Å². The number of fused-ring (bicyclic) bond motifs is 1. The molecule has 228 valence electrons. The lowest BCUT2D eigenvalue weighted by Crippen LogP contribution is -2.31. The highest BCUT2D eigenvalue weighted by molar-refractivity contribution is 7.92. The Balaban J connectivity index is 1.34. The van der Waals surface area contributed by atoms with Gasteiger partial charge in [-0.25, -0.2) is 14.4 Å². The van der Waals surface area contributed by atoms with E-state index >= 15 is 0 Å². The minimum Gasteiger partial charge on any atom is -0.494 e. The van der Waals surface area contributed by atoms with Crippen LogP contribution in [0.1, 0.15) is 6.92 Å². The molecule has 0 fully saturated rings. The second-order valence-corrected chi connectivity index (χ2v) is 12.0. The summed E-state index contributed by atoms with van der Waals surface area (Å²) in [5.74, 6) is -0.487. The number of halogens is 1. The summed E-state index contributed by atoms with van der Waals surface area (Å²) in [4.78, 5) is 26.5. The zero-order valence-corrected chi connectivity index (χ0v) is 25.3. The molecule has 5 rings (SSSR count). The van der Waals surface area contributed by atoms with Crippen molar-refractivity contribution in [2.24, 2.45) is 0 Å². The van der Waals surface area contributed by atoms with Gasteiger partial charge in [0.1, 0.15) is 12.1 Å². The number of hydrogen-bond acceptors (Lipinski definition) is 9. The summed E-state index contributed by atoms with van der Waals surface area (Å²) >= 11 is 0. The average Bonchev–Trinajstić information content (AvgIpc) is 3.42. The van der Waals surface area contributed by atoms with E-state index in [0.29, 0.717) is 22.0 Å². The lowest BCUT2D eigenvalue weighted by atomic mass is 10.1. The number of sulfonamides is 1. The first kappa shape index (κ1) is 30.4. The Morgan fingerprint density at radius 2 is 1.80 bits per heavy atom. The van der Waals surface area contributed by atoms with Crippen LogP contribution in [0.2, 0.25) is 0 Å². The van der Waals surface area contributed by atoms with Crippen molar-refractivity contribution in [3.63, 3.8) is 0 Å². The van der Waals surface area contributed by atoms with E-state index in [1.54, 1.807) is 12.1 Å². The van der Waals surface area contributed by atoms with E-state index in [0.717, 1.165) is 40.8 Å². The van der Waals surface area contributed by atoms with E-state index in [2.05, 4.69) is 70.2 Å². The number of likely N-dealkylation sites (N-methyl/N-ethyl adjacent to an activating group) is 1. The summed E-state index contributed by atoms with van der Waals surface area (Å²) in [5, 5.41) is 4.28. The number of ether oxygens (including phenoxy) is 1. The van der Waals surface area contributed by atoms with Crippen LogP contribution in [0.3, 0.4) is 0 Å². The number of nitrogens with one attached hydrogen (secondary N) is 1. The van der Waals surface area contributed by atoms with Gasteiger partial charge in [0.2, 0.25) is 0 Å². The zero-order chi connectivity index (χ0) is 31.4. The van der Waals surface area contributed by atoms with Gasteiger partial charge in [-0.15, -0.1) is 0 Å². The zero-order valence-electron chi connectivity index (χ0n) is 24.5. The fourth-order valence-electron chi connectivity index (χ4n) is 4.56. The Morgan fingerprint density at radius 1 is 1.02 bits per heavy atom. The molecular weight excluding hydrogens is 587 g/mol. The number of anilines is 3. The van der Waals surface area contributed by atoms with Crippen molar-refractivity contribution in [3.05, 3.63) is 91.1 Å². The molecule has 1 N–H and O–H groups in total. The van der Waals surface area contributed by atoms with E-state index in [1.165, 1.54) is 31.6 Å². The third kappa shape index (κ3) is 6.33. The molecule has 0 amide bonds. The van der Waals surface area contributed by atoms with Crippen LogP contribution in [0.25, 0.3) is 22.2 Å². The Morgan fingerprint density at radius 3 is 2.48 bits per heavy atom. The predicted octanol–water partition coefficient (Wildman–Crippen LogP) is 5.22. The Bertz CT molecular complexity index is 1900. The van der Waals surface area contributed by atoms with Crippen LogP contribution in [0.5, 0.6) is 5.75 Å². The van der Waals surface area contributed by atoms with Crippen molar-refractivity contribution in [2.75, 3.05) is 31.0 Å². The number of methoxy groups -OCH3 is 1. The van der Waals surface area contributed by atoms with Crippen LogP contribution in [0, 0.1) is 5.82 Å². The molecule has 0 aliphatic heterocycles. The minimum atomic E-state index is -4.46. The maximum atomic E-state index is 14.2. The van der Waals surface area contributed by atoms with Crippen LogP contribution < -0.4 is 14.5 Å². The Kier molecular flexibility index (Phi) is 8.78. The van der Waals surface area contributed by atoms with Crippen LogP contribution in [-0.2, 0) is 26.2 Å². The molecule has 5 aromatic rings. The van der Waals surface area contributed by atoms with Gasteiger partial charge in [-0.2, -0.15) is 8.42 Å². The van der Waals surface area contributed by atoms with Crippen molar-refractivity contribution in [3.8, 4) is 17.0 Å². The van der Waals surface area contributed by atoms with E-state index in [9.17, 15) is 17.6 Å². The maximum absolute atomic E-state index is 14.2. The van der Waals surface area contributed by atoms with Crippen LogP contribution in [0.15, 0.2) is 90.2 Å². The van der Waals surface area contributed by atoms with Gasteiger partial charge in [0.25, 0.3) is 10.0 Å². The molecule has 2 heterocycles. The first-order chi connectivity index (χ1) is 21.1. The van der Waals surface area contributed by atoms with E-state index in [4.69, 9.17) is 9.57 Å². The summed E-state index contributed by atoms with van der Waals surface area (Å²) < 4.78 is 48.1. The Hall–Kier alpha value is -5.01. The summed E-state index contributed by atoms with van der Waals surface area (Å²) in [6, 6.07) is 19.6. The average molecular weight is 619 g/mol. The minimum absolute atomic E-state index is 0.0162. The molecule has 0 aliphatic carbocycles. The van der Waals surface area contributed by atoms with Crippen molar-refractivity contribution >= 4 is 44.6 Å². The molecule has 0 aliphatic rings. The molecule has 44 heavy (non-hydrogen) atoms. The van der Waals surface area contributed by atoms with Crippen LogP contribution in [-0.4, -0.2) is 61.6 Å². The lowest BCUT2D eigenvalue weighted by Gasteiger charge is -2.21. The summed E-state index contributed by atoms with van der Waals surface area (Å²) in [7, 11) is 0.941. The molecule has 3 aromatic carbocycles. The molecule has 11 nitrogen and oxygen atoms in total. The fraction of sp³-hybridized carbons (Fsp3) is 0.194. The quantitative estimate of drug-likeness (QED) is 0.148. The highest BCUT2D eigenvalue weighted by atomic mass is 32.2. The predicted molar refractivity (Wildman–Crippen MR) is 166 cm³/mol. The standard InChI is InChI=1S/C31H31FN6O5S/c1-21(36(2)3)18-37-14-13-23-15-22(5-11-29(23)37)28-17-31(34-19-33-28)35-24-6-8-25(9-7-24)38(43-20-39)44(40,41)26-10-12-30(42-4)27(32)16-26/h5-17,19-21H,18H2,1-4H3,(H,33,34,35). The van der Waals surface area contributed by atoms with Gasteiger partial charge >= 0.3 is 6.47 Å². The molecule has 13 heteroatoms. The highest BCUT2D eigenvalue weighted by Gasteiger charge is 2.28. The van der Waals surface area contributed by atoms with E-state index in [-0.39, 0.29) is 17.9 Å². The number of nitrogens with zero attached hydrogens (tertiary/aromatic N) is 5. The summed E-state index contributed by atoms with van der Waals surface area (Å²) in [5.41, 5.74) is 3.39. The maximum Gasteiger partial charge on any atom is 0.322 e. The second kappa shape index (κ2) is 12.7. The molecule has 0 saturated heterocycles. The van der Waals surface area contributed by atoms with Crippen molar-refractivity contribution in [1.29, 1.82) is 0 Å². The monoisotopic (exact) mass is 618 g/mol. The largest absolute Gasteiger partial charge is 0.494 e. The first-order valence-corrected chi connectivity index (χ1v) is 15.0. The number of hydrogen-bond donors (Lipinski definition) is 1. The number of rotatable bonds is 12. The number of benzene rings is 3. The van der Waals surface area contributed by atoms with Gasteiger partial charge in [-0.05, 0) is 81.7 Å². The third-order valence-corrected chi connectivity index (χ3v) is 8.79. The smallest absolute Gasteiger partial charge is 0.322 e. The third-order valence-electron chi connectivity index (χ3n) is 7.21. The molecule has 0 spiro atoms. The van der Waals surface area contributed by atoms with Gasteiger partial charge in [0.05, 0.1) is 23.4 Å². The van der Waals surface area contributed by atoms with Crippen molar-refractivity contribution in [2.45, 2.75) is 24.4 Å². The number of carbonyl (C=O) groups excluding carboxylic acids is 1. The summed E-state index contributed by atoms with van der Waals surface area (Å²) in [6.07, 6.45) is 3.55. The number of aromatic nitrogens is 3. The van der Waals surface area contributed by atoms with Gasteiger partial charge in [-0.1, -0.05) is 10.5 Å². The molecule has 1 atom stereocenters. The van der Waals surface area contributed by atoms with Gasteiger partial charge in [0.15, 0.2) is 11.6 Å². The van der Waals surface area contributed by atoms with Crippen molar-refractivity contribution in [1.82, 2.24) is 19.4 Å². The molecule has 0 bridgehead atoms. The van der Waals surface area contributed by atoms with Crippen LogP contribution in [0.4, 0.5) is 21.6 Å². The molecule has 1 unspecified atom stereocenters. The molecule has 2 aromatic heterocycles. The van der Waals surface area contributed by atoms with Crippen LogP contribution >= 0.6 is 0 Å². The molecule has 0 radical (unpaired) electrons. The number of carbonyl (C=O) groups is 1. The molecule has 0 saturated carbocycles. The fourth-order valence-corrected chi connectivity index (χ4v) is 5.79. The topological polar surface area (TPSA) is 119 Å².